The molecule has 2 saturated heterocycles. The molecule has 0 spiro atoms. The quantitative estimate of drug-likeness (QED) is 0.688. The molecule has 2 fully saturated rings. The second-order valence-electron chi connectivity index (χ2n) is 5.15. The van der Waals surface area contributed by atoms with Gasteiger partial charge in [0.05, 0.1) is 4.83 Å². The van der Waals surface area contributed by atoms with Crippen LogP contribution >= 0.6 is 15.9 Å². The van der Waals surface area contributed by atoms with Crippen molar-refractivity contribution in [1.29, 1.82) is 0 Å². The zero-order valence-electron chi connectivity index (χ0n) is 10.2. The summed E-state index contributed by atoms with van der Waals surface area (Å²) in [6.07, 6.45) is 4.40. The maximum atomic E-state index is 12.1. The van der Waals surface area contributed by atoms with Gasteiger partial charge in [-0.1, -0.05) is 15.9 Å². The second kappa shape index (κ2) is 5.05. The molecule has 3 atom stereocenters. The first kappa shape index (κ1) is 12.4. The highest BCUT2D eigenvalue weighted by Crippen LogP contribution is 2.26. The van der Waals surface area contributed by atoms with Crippen molar-refractivity contribution in [3.8, 4) is 0 Å². The molecule has 0 aromatic rings. The molecular formula is C12H21BrN2O. The van der Waals surface area contributed by atoms with E-state index in [0.717, 1.165) is 38.8 Å². The van der Waals surface area contributed by atoms with Crippen molar-refractivity contribution >= 4 is 21.8 Å². The lowest BCUT2D eigenvalue weighted by molar-refractivity contribution is -0.136. The van der Waals surface area contributed by atoms with Gasteiger partial charge in [-0.3, -0.25) is 4.79 Å². The summed E-state index contributed by atoms with van der Waals surface area (Å²) in [5.41, 5.74) is 0. The van der Waals surface area contributed by atoms with Crippen LogP contribution in [-0.2, 0) is 4.79 Å². The number of carbonyl (C=O) groups is 1. The summed E-state index contributed by atoms with van der Waals surface area (Å²) in [5, 5.41) is 0. The maximum Gasteiger partial charge on any atom is 0.236 e. The monoisotopic (exact) mass is 288 g/mol. The highest BCUT2D eigenvalue weighted by atomic mass is 79.9. The summed E-state index contributed by atoms with van der Waals surface area (Å²) >= 11 is 3.49. The van der Waals surface area contributed by atoms with Gasteiger partial charge in [0, 0.05) is 25.2 Å². The average molecular weight is 289 g/mol. The minimum absolute atomic E-state index is 0.0659. The average Bonchev–Trinajstić information content (AvgIpc) is 2.26. The van der Waals surface area contributed by atoms with Gasteiger partial charge in [-0.05, 0) is 39.7 Å². The Balaban J connectivity index is 1.99. The zero-order valence-corrected chi connectivity index (χ0v) is 11.7. The minimum Gasteiger partial charge on any atom is -0.339 e. The van der Waals surface area contributed by atoms with E-state index in [2.05, 4.69) is 39.7 Å². The molecule has 3 unspecified atom stereocenters. The van der Waals surface area contributed by atoms with E-state index in [1.54, 1.807) is 0 Å². The van der Waals surface area contributed by atoms with E-state index in [4.69, 9.17) is 0 Å². The Labute approximate surface area is 106 Å². The normalized spacial score (nSPS) is 37.8. The van der Waals surface area contributed by atoms with Crippen molar-refractivity contribution in [2.45, 2.75) is 49.5 Å². The Morgan fingerprint density at radius 2 is 2.06 bits per heavy atom. The van der Waals surface area contributed by atoms with Gasteiger partial charge in [-0.2, -0.15) is 0 Å². The fourth-order valence-corrected chi connectivity index (χ4v) is 3.35. The number of hydrogen-bond donors (Lipinski definition) is 0. The maximum absolute atomic E-state index is 12.1. The lowest BCUT2D eigenvalue weighted by atomic mass is 9.95. The largest absolute Gasteiger partial charge is 0.339 e. The number of alkyl halides is 1. The van der Waals surface area contributed by atoms with Crippen molar-refractivity contribution in [3.05, 3.63) is 0 Å². The molecule has 4 heteroatoms. The molecule has 2 heterocycles. The molecule has 2 aliphatic rings. The molecular weight excluding hydrogens is 268 g/mol. The lowest BCUT2D eigenvalue weighted by Crippen LogP contribution is -2.53. The first-order valence-corrected chi connectivity index (χ1v) is 7.16. The van der Waals surface area contributed by atoms with Crippen LogP contribution in [0.4, 0.5) is 0 Å². The van der Waals surface area contributed by atoms with Gasteiger partial charge in [0.15, 0.2) is 0 Å². The predicted molar refractivity (Wildman–Crippen MR) is 68.8 cm³/mol. The van der Waals surface area contributed by atoms with Crippen LogP contribution in [0, 0.1) is 0 Å². The van der Waals surface area contributed by atoms with Crippen LogP contribution in [0.25, 0.3) is 0 Å². The highest BCUT2D eigenvalue weighted by molar-refractivity contribution is 9.10. The number of piperidine rings is 2. The topological polar surface area (TPSA) is 23.6 Å². The van der Waals surface area contributed by atoms with Crippen molar-refractivity contribution < 1.29 is 4.79 Å². The van der Waals surface area contributed by atoms with E-state index in [1.807, 2.05) is 0 Å². The van der Waals surface area contributed by atoms with Crippen LogP contribution < -0.4 is 0 Å². The summed E-state index contributed by atoms with van der Waals surface area (Å²) < 4.78 is 0. The standard InChI is InChI=1S/C12H21BrN2O/c1-9-8-10(5-7-14(9)2)15-6-3-4-11(13)12(15)16/h9-11H,3-8H2,1-2H3. The van der Waals surface area contributed by atoms with Crippen LogP contribution in [-0.4, -0.2) is 52.8 Å². The van der Waals surface area contributed by atoms with E-state index < -0.39 is 0 Å². The molecule has 0 bridgehead atoms. The van der Waals surface area contributed by atoms with Crippen molar-refractivity contribution in [1.82, 2.24) is 9.80 Å². The van der Waals surface area contributed by atoms with Crippen LogP contribution in [0.3, 0.4) is 0 Å². The van der Waals surface area contributed by atoms with E-state index in [1.165, 1.54) is 0 Å². The Bertz CT molecular complexity index is 272. The number of halogens is 1. The fourth-order valence-electron chi connectivity index (χ4n) is 2.76. The third kappa shape index (κ3) is 2.43. The predicted octanol–water partition coefficient (Wildman–Crippen LogP) is 1.85. The number of carbonyl (C=O) groups excluding carboxylic acids is 1. The van der Waals surface area contributed by atoms with Crippen molar-refractivity contribution in [2.75, 3.05) is 20.1 Å². The molecule has 0 saturated carbocycles. The van der Waals surface area contributed by atoms with Gasteiger partial charge in [-0.25, -0.2) is 0 Å². The molecule has 0 radical (unpaired) electrons. The second-order valence-corrected chi connectivity index (χ2v) is 6.25. The molecule has 1 amide bonds. The molecule has 2 rings (SSSR count). The van der Waals surface area contributed by atoms with Gasteiger partial charge in [0.1, 0.15) is 0 Å². The molecule has 3 nitrogen and oxygen atoms in total. The van der Waals surface area contributed by atoms with Gasteiger partial charge in [0.2, 0.25) is 5.91 Å². The first-order valence-electron chi connectivity index (χ1n) is 6.24. The number of nitrogens with zero attached hydrogens (tertiary/aromatic N) is 2. The molecule has 0 N–H and O–H groups in total. The van der Waals surface area contributed by atoms with Crippen molar-refractivity contribution in [3.63, 3.8) is 0 Å². The Hall–Kier alpha value is -0.0900. The zero-order chi connectivity index (χ0) is 11.7. The van der Waals surface area contributed by atoms with E-state index in [0.29, 0.717) is 18.0 Å². The fraction of sp³-hybridized carbons (Fsp3) is 0.917. The molecule has 92 valence electrons. The number of hydrogen-bond acceptors (Lipinski definition) is 2. The number of rotatable bonds is 1. The third-order valence-corrected chi connectivity index (χ3v) is 4.88. The Morgan fingerprint density at radius 3 is 2.75 bits per heavy atom. The van der Waals surface area contributed by atoms with Crippen LogP contribution in [0.5, 0.6) is 0 Å². The summed E-state index contributed by atoms with van der Waals surface area (Å²) in [5.74, 6) is 0.313. The highest BCUT2D eigenvalue weighted by Gasteiger charge is 2.34. The summed E-state index contributed by atoms with van der Waals surface area (Å²) in [7, 11) is 2.17. The molecule has 0 aromatic carbocycles. The summed E-state index contributed by atoms with van der Waals surface area (Å²) in [4.78, 5) is 16.6. The van der Waals surface area contributed by atoms with Gasteiger partial charge >= 0.3 is 0 Å². The van der Waals surface area contributed by atoms with E-state index in [9.17, 15) is 4.79 Å². The van der Waals surface area contributed by atoms with Gasteiger partial charge in [0.25, 0.3) is 0 Å². The van der Waals surface area contributed by atoms with Crippen LogP contribution in [0.15, 0.2) is 0 Å². The number of likely N-dealkylation sites (tertiary alicyclic amines) is 2. The third-order valence-electron chi connectivity index (χ3n) is 4.03. The Kier molecular flexibility index (Phi) is 3.90. The summed E-state index contributed by atoms with van der Waals surface area (Å²) in [6.45, 7) is 4.33. The molecule has 0 aromatic heterocycles. The first-order chi connectivity index (χ1) is 7.59. The van der Waals surface area contributed by atoms with Crippen LogP contribution in [0.1, 0.15) is 32.6 Å². The molecule has 2 aliphatic heterocycles. The minimum atomic E-state index is 0.0659. The van der Waals surface area contributed by atoms with E-state index >= 15 is 0 Å². The molecule has 0 aliphatic carbocycles. The van der Waals surface area contributed by atoms with Crippen LogP contribution in [0.2, 0.25) is 0 Å². The number of amides is 1. The van der Waals surface area contributed by atoms with Crippen molar-refractivity contribution in [2.24, 2.45) is 0 Å². The summed E-state index contributed by atoms with van der Waals surface area (Å²) in [6, 6.07) is 1.07. The van der Waals surface area contributed by atoms with Gasteiger partial charge in [-0.15, -0.1) is 0 Å². The Morgan fingerprint density at radius 1 is 1.31 bits per heavy atom. The smallest absolute Gasteiger partial charge is 0.236 e. The van der Waals surface area contributed by atoms with E-state index in [-0.39, 0.29) is 4.83 Å². The SMILES string of the molecule is CC1CC(N2CCCC(Br)C2=O)CCN1C. The molecule has 16 heavy (non-hydrogen) atoms. The lowest BCUT2D eigenvalue weighted by Gasteiger charge is -2.43. The van der Waals surface area contributed by atoms with Gasteiger partial charge < -0.3 is 9.80 Å².